The second kappa shape index (κ2) is 5.96. The molecule has 4 aromatic rings. The lowest BCUT2D eigenvalue weighted by Gasteiger charge is -2.18. The van der Waals surface area contributed by atoms with Crippen LogP contribution in [0, 0.1) is 13.8 Å². The molecule has 120 valence electrons. The Morgan fingerprint density at radius 2 is 1.88 bits per heavy atom. The first kappa shape index (κ1) is 14.7. The van der Waals surface area contributed by atoms with Crippen molar-refractivity contribution in [1.82, 2.24) is 20.2 Å². The first-order valence-corrected chi connectivity index (χ1v) is 8.21. The molecule has 0 spiro atoms. The number of aromatic nitrogens is 4. The van der Waals surface area contributed by atoms with Gasteiger partial charge in [-0.15, -0.1) is 0 Å². The molecule has 3 aromatic heterocycles. The number of H-pyrrole nitrogens is 2. The second-order valence-corrected chi connectivity index (χ2v) is 6.23. The SMILES string of the molecule is Cc1n[nH]c(C)c1C(Cc1ccccc1)c1c[nH]c2ncccc12. The summed E-state index contributed by atoms with van der Waals surface area (Å²) in [4.78, 5) is 7.75. The van der Waals surface area contributed by atoms with Crippen LogP contribution in [0.5, 0.6) is 0 Å². The van der Waals surface area contributed by atoms with Crippen LogP contribution in [0.3, 0.4) is 0 Å². The lowest BCUT2D eigenvalue weighted by atomic mass is 9.85. The molecule has 1 atom stereocenters. The number of pyridine rings is 1. The molecule has 0 saturated carbocycles. The van der Waals surface area contributed by atoms with E-state index in [4.69, 9.17) is 0 Å². The van der Waals surface area contributed by atoms with Crippen LogP contribution in [0.4, 0.5) is 0 Å². The summed E-state index contributed by atoms with van der Waals surface area (Å²) < 4.78 is 0. The average Bonchev–Trinajstić information content (AvgIpc) is 3.18. The lowest BCUT2D eigenvalue weighted by molar-refractivity contribution is 0.798. The molecule has 2 N–H and O–H groups in total. The monoisotopic (exact) mass is 316 g/mol. The van der Waals surface area contributed by atoms with Gasteiger partial charge in [0, 0.05) is 35.0 Å². The van der Waals surface area contributed by atoms with E-state index < -0.39 is 0 Å². The van der Waals surface area contributed by atoms with Crippen molar-refractivity contribution in [2.24, 2.45) is 0 Å². The van der Waals surface area contributed by atoms with Crippen molar-refractivity contribution in [3.63, 3.8) is 0 Å². The molecular weight excluding hydrogens is 296 g/mol. The summed E-state index contributed by atoms with van der Waals surface area (Å²) >= 11 is 0. The van der Waals surface area contributed by atoms with Crippen molar-refractivity contribution in [2.75, 3.05) is 0 Å². The maximum atomic E-state index is 4.44. The van der Waals surface area contributed by atoms with Crippen LogP contribution in [0.2, 0.25) is 0 Å². The van der Waals surface area contributed by atoms with E-state index in [0.717, 1.165) is 23.5 Å². The molecule has 0 aliphatic heterocycles. The maximum Gasteiger partial charge on any atom is 0.137 e. The van der Waals surface area contributed by atoms with Crippen LogP contribution >= 0.6 is 0 Å². The highest BCUT2D eigenvalue weighted by Crippen LogP contribution is 2.35. The van der Waals surface area contributed by atoms with Crippen molar-refractivity contribution >= 4 is 11.0 Å². The average molecular weight is 316 g/mol. The standard InChI is InChI=1S/C20H20N4/c1-13-19(14(2)24-23-13)17(11-15-7-4-3-5-8-15)18-12-22-20-16(18)9-6-10-21-20/h3-10,12,17H,11H2,1-2H3,(H,21,22)(H,23,24). The van der Waals surface area contributed by atoms with Gasteiger partial charge in [-0.2, -0.15) is 5.10 Å². The number of nitrogens with zero attached hydrogens (tertiary/aromatic N) is 2. The third-order valence-corrected chi connectivity index (χ3v) is 4.67. The van der Waals surface area contributed by atoms with Gasteiger partial charge in [0.05, 0.1) is 5.69 Å². The molecule has 3 heterocycles. The highest BCUT2D eigenvalue weighted by atomic mass is 15.1. The highest BCUT2D eigenvalue weighted by molar-refractivity contribution is 5.81. The fraction of sp³-hybridized carbons (Fsp3) is 0.200. The summed E-state index contributed by atoms with van der Waals surface area (Å²) in [6, 6.07) is 14.7. The van der Waals surface area contributed by atoms with Crippen molar-refractivity contribution in [3.8, 4) is 0 Å². The van der Waals surface area contributed by atoms with Gasteiger partial charge in [0.1, 0.15) is 5.65 Å². The Bertz CT molecular complexity index is 946. The van der Waals surface area contributed by atoms with E-state index in [0.29, 0.717) is 0 Å². The van der Waals surface area contributed by atoms with E-state index in [1.165, 1.54) is 22.1 Å². The Morgan fingerprint density at radius 3 is 2.62 bits per heavy atom. The van der Waals surface area contributed by atoms with Gasteiger partial charge in [-0.3, -0.25) is 5.10 Å². The molecule has 1 unspecified atom stereocenters. The Kier molecular flexibility index (Phi) is 3.65. The molecule has 0 aliphatic carbocycles. The van der Waals surface area contributed by atoms with Crippen LogP contribution in [-0.2, 0) is 6.42 Å². The molecule has 1 aromatic carbocycles. The highest BCUT2D eigenvalue weighted by Gasteiger charge is 2.24. The van der Waals surface area contributed by atoms with Crippen LogP contribution in [-0.4, -0.2) is 20.2 Å². The van der Waals surface area contributed by atoms with Crippen molar-refractivity contribution in [3.05, 3.63) is 82.9 Å². The topological polar surface area (TPSA) is 57.4 Å². The Morgan fingerprint density at radius 1 is 1.04 bits per heavy atom. The number of hydrogen-bond donors (Lipinski definition) is 2. The molecule has 0 fully saturated rings. The molecule has 4 heteroatoms. The van der Waals surface area contributed by atoms with Gasteiger partial charge < -0.3 is 4.98 Å². The molecular formula is C20H20N4. The van der Waals surface area contributed by atoms with Gasteiger partial charge in [0.15, 0.2) is 0 Å². The molecule has 0 saturated heterocycles. The van der Waals surface area contributed by atoms with Crippen LogP contribution in [0.15, 0.2) is 54.9 Å². The number of rotatable bonds is 4. The lowest BCUT2D eigenvalue weighted by Crippen LogP contribution is -2.07. The number of aromatic amines is 2. The van der Waals surface area contributed by atoms with Gasteiger partial charge >= 0.3 is 0 Å². The zero-order valence-electron chi connectivity index (χ0n) is 13.9. The summed E-state index contributed by atoms with van der Waals surface area (Å²) in [5.41, 5.74) is 7.00. The van der Waals surface area contributed by atoms with E-state index in [1.54, 1.807) is 0 Å². The number of benzene rings is 1. The number of hydrogen-bond acceptors (Lipinski definition) is 2. The molecule has 4 nitrogen and oxygen atoms in total. The molecule has 0 amide bonds. The zero-order chi connectivity index (χ0) is 16.5. The van der Waals surface area contributed by atoms with Gasteiger partial charge in [-0.1, -0.05) is 30.3 Å². The van der Waals surface area contributed by atoms with Gasteiger partial charge in [0.2, 0.25) is 0 Å². The zero-order valence-corrected chi connectivity index (χ0v) is 13.9. The summed E-state index contributed by atoms with van der Waals surface area (Å²) in [5, 5.41) is 8.73. The van der Waals surface area contributed by atoms with Crippen molar-refractivity contribution in [1.29, 1.82) is 0 Å². The minimum atomic E-state index is 0.240. The van der Waals surface area contributed by atoms with E-state index in [-0.39, 0.29) is 5.92 Å². The Labute approximate surface area is 141 Å². The van der Waals surface area contributed by atoms with E-state index in [9.17, 15) is 0 Å². The third kappa shape index (κ3) is 2.50. The van der Waals surface area contributed by atoms with Gasteiger partial charge in [-0.25, -0.2) is 4.98 Å². The van der Waals surface area contributed by atoms with Crippen LogP contribution in [0.1, 0.15) is 34.0 Å². The number of fused-ring (bicyclic) bond motifs is 1. The first-order valence-electron chi connectivity index (χ1n) is 8.21. The van der Waals surface area contributed by atoms with Crippen molar-refractivity contribution < 1.29 is 0 Å². The smallest absolute Gasteiger partial charge is 0.137 e. The van der Waals surface area contributed by atoms with Crippen molar-refractivity contribution in [2.45, 2.75) is 26.2 Å². The molecule has 4 rings (SSSR count). The van der Waals surface area contributed by atoms with Gasteiger partial charge in [-0.05, 0) is 43.5 Å². The van der Waals surface area contributed by atoms with Gasteiger partial charge in [0.25, 0.3) is 0 Å². The summed E-state index contributed by atoms with van der Waals surface area (Å²) in [7, 11) is 0. The third-order valence-electron chi connectivity index (χ3n) is 4.67. The predicted molar refractivity (Wildman–Crippen MR) is 96.1 cm³/mol. The normalized spacial score (nSPS) is 12.6. The van der Waals surface area contributed by atoms with Crippen LogP contribution < -0.4 is 0 Å². The van der Waals surface area contributed by atoms with Crippen LogP contribution in [0.25, 0.3) is 11.0 Å². The van der Waals surface area contributed by atoms with E-state index in [2.05, 4.69) is 76.6 Å². The minimum absolute atomic E-state index is 0.240. The fourth-order valence-corrected chi connectivity index (χ4v) is 3.56. The summed E-state index contributed by atoms with van der Waals surface area (Å²) in [6.45, 7) is 4.17. The molecule has 0 radical (unpaired) electrons. The molecule has 0 aliphatic rings. The fourth-order valence-electron chi connectivity index (χ4n) is 3.56. The molecule has 0 bridgehead atoms. The van der Waals surface area contributed by atoms with E-state index >= 15 is 0 Å². The first-order chi connectivity index (χ1) is 11.7. The Hall–Kier alpha value is -2.88. The largest absolute Gasteiger partial charge is 0.346 e. The summed E-state index contributed by atoms with van der Waals surface area (Å²) in [6.07, 6.45) is 4.85. The predicted octanol–water partition coefficient (Wildman–Crippen LogP) is 4.28. The van der Waals surface area contributed by atoms with E-state index in [1.807, 2.05) is 12.3 Å². The maximum absolute atomic E-state index is 4.44. The minimum Gasteiger partial charge on any atom is -0.346 e. The quantitative estimate of drug-likeness (QED) is 0.590. The molecule has 24 heavy (non-hydrogen) atoms. The Balaban J connectivity index is 1.87. The second-order valence-electron chi connectivity index (χ2n) is 6.23. The number of aryl methyl sites for hydroxylation is 2. The summed E-state index contributed by atoms with van der Waals surface area (Å²) in [5.74, 6) is 0.240. The number of nitrogens with one attached hydrogen (secondary N) is 2.